The van der Waals surface area contributed by atoms with Crippen molar-refractivity contribution in [3.05, 3.63) is 47.8 Å². The Labute approximate surface area is 205 Å². The van der Waals surface area contributed by atoms with Crippen molar-refractivity contribution in [2.75, 3.05) is 17.7 Å². The van der Waals surface area contributed by atoms with E-state index in [1.54, 1.807) is 6.20 Å². The number of nitrogen functional groups attached to an aromatic ring is 1. The zero-order valence-electron chi connectivity index (χ0n) is 20.2. The van der Waals surface area contributed by atoms with E-state index in [1.165, 1.54) is 24.8 Å². The largest absolute Gasteiger partial charge is 0.396 e. The predicted molar refractivity (Wildman–Crippen MR) is 139 cm³/mol. The van der Waals surface area contributed by atoms with Crippen LogP contribution in [0, 0.1) is 0 Å². The van der Waals surface area contributed by atoms with Crippen LogP contribution in [0.1, 0.15) is 56.6 Å². The molecule has 3 aromatic heterocycles. The van der Waals surface area contributed by atoms with Crippen molar-refractivity contribution in [3.8, 4) is 0 Å². The van der Waals surface area contributed by atoms with Gasteiger partial charge < -0.3 is 21.5 Å². The number of nitrogens with two attached hydrogens (primary N) is 1. The topological polar surface area (TPSA) is 127 Å². The number of hydrogen-bond donors (Lipinski definition) is 4. The average molecular weight is 475 g/mol. The number of fused-ring (bicyclic) bond motifs is 2. The van der Waals surface area contributed by atoms with Crippen molar-refractivity contribution in [1.29, 1.82) is 0 Å². The van der Waals surface area contributed by atoms with Crippen LogP contribution < -0.4 is 16.4 Å². The number of hydrogen-bond acceptors (Lipinski definition) is 8. The van der Waals surface area contributed by atoms with Crippen LogP contribution in [0.2, 0.25) is 0 Å². The van der Waals surface area contributed by atoms with E-state index in [2.05, 4.69) is 50.8 Å². The SMILES string of the molecule is CCCC(CCO)Nc1nc(N)nc2cnn(Cc3ccc(CNC4CCC4)c4cccnc34)c12. The molecule has 4 aromatic rings. The molecule has 1 aromatic carbocycles. The van der Waals surface area contributed by atoms with Crippen molar-refractivity contribution < 1.29 is 5.11 Å². The number of pyridine rings is 1. The minimum Gasteiger partial charge on any atom is -0.396 e. The van der Waals surface area contributed by atoms with Crippen molar-refractivity contribution in [1.82, 2.24) is 30.0 Å². The number of nitrogens with zero attached hydrogens (tertiary/aromatic N) is 5. The lowest BCUT2D eigenvalue weighted by atomic mass is 9.93. The van der Waals surface area contributed by atoms with Gasteiger partial charge in [0.05, 0.1) is 18.3 Å². The van der Waals surface area contributed by atoms with E-state index >= 15 is 0 Å². The van der Waals surface area contributed by atoms with Gasteiger partial charge in [-0.25, -0.2) is 4.98 Å². The second-order valence-electron chi connectivity index (χ2n) is 9.40. The molecule has 0 spiro atoms. The van der Waals surface area contributed by atoms with E-state index in [-0.39, 0.29) is 18.6 Å². The van der Waals surface area contributed by atoms with Crippen LogP contribution >= 0.6 is 0 Å². The Morgan fingerprint density at radius 3 is 2.80 bits per heavy atom. The van der Waals surface area contributed by atoms with E-state index in [4.69, 9.17) is 10.7 Å². The molecule has 35 heavy (non-hydrogen) atoms. The molecule has 5 N–H and O–H groups in total. The summed E-state index contributed by atoms with van der Waals surface area (Å²) in [6.07, 6.45) is 9.98. The van der Waals surface area contributed by atoms with Gasteiger partial charge in [0.25, 0.3) is 0 Å². The molecule has 9 nitrogen and oxygen atoms in total. The number of rotatable bonds is 11. The highest BCUT2D eigenvalue weighted by Gasteiger charge is 2.19. The van der Waals surface area contributed by atoms with Crippen LogP contribution in [0.4, 0.5) is 11.8 Å². The minimum atomic E-state index is 0.0933. The number of nitrogens with one attached hydrogen (secondary N) is 2. The van der Waals surface area contributed by atoms with Crippen LogP contribution in [0.3, 0.4) is 0 Å². The maximum atomic E-state index is 9.50. The molecule has 0 saturated heterocycles. The van der Waals surface area contributed by atoms with E-state index in [1.807, 2.05) is 16.9 Å². The molecule has 3 heterocycles. The van der Waals surface area contributed by atoms with Gasteiger partial charge in [-0.15, -0.1) is 0 Å². The fourth-order valence-electron chi connectivity index (χ4n) is 4.82. The summed E-state index contributed by atoms with van der Waals surface area (Å²) in [5.41, 5.74) is 10.8. The zero-order chi connectivity index (χ0) is 24.2. The van der Waals surface area contributed by atoms with Gasteiger partial charge in [-0.1, -0.05) is 38.0 Å². The van der Waals surface area contributed by atoms with Gasteiger partial charge in [-0.05, 0) is 42.9 Å². The molecule has 0 radical (unpaired) electrons. The van der Waals surface area contributed by atoms with Gasteiger partial charge in [0, 0.05) is 36.8 Å². The summed E-state index contributed by atoms with van der Waals surface area (Å²) in [6, 6.07) is 9.22. The first kappa shape index (κ1) is 23.4. The quantitative estimate of drug-likeness (QED) is 0.260. The van der Waals surface area contributed by atoms with Crippen molar-refractivity contribution >= 4 is 33.7 Å². The third-order valence-electron chi connectivity index (χ3n) is 6.91. The van der Waals surface area contributed by atoms with E-state index in [0.717, 1.165) is 41.4 Å². The maximum absolute atomic E-state index is 9.50. The first-order valence-electron chi connectivity index (χ1n) is 12.6. The summed E-state index contributed by atoms with van der Waals surface area (Å²) in [7, 11) is 0. The molecule has 1 aliphatic rings. The molecule has 1 atom stereocenters. The first-order valence-corrected chi connectivity index (χ1v) is 12.6. The maximum Gasteiger partial charge on any atom is 0.222 e. The smallest absolute Gasteiger partial charge is 0.222 e. The molecule has 0 aliphatic heterocycles. The van der Waals surface area contributed by atoms with E-state index in [9.17, 15) is 5.11 Å². The first-order chi connectivity index (χ1) is 17.2. The lowest BCUT2D eigenvalue weighted by molar-refractivity contribution is 0.276. The zero-order valence-corrected chi connectivity index (χ0v) is 20.2. The van der Waals surface area contributed by atoms with Crippen molar-refractivity contribution in [2.24, 2.45) is 0 Å². The molecule has 0 amide bonds. The number of benzene rings is 1. The molecular weight excluding hydrogens is 440 g/mol. The number of anilines is 2. The predicted octanol–water partition coefficient (Wildman–Crippen LogP) is 3.61. The Hall–Kier alpha value is -3.30. The summed E-state index contributed by atoms with van der Waals surface area (Å²) in [4.78, 5) is 13.6. The molecule has 0 bridgehead atoms. The molecule has 5 rings (SSSR count). The van der Waals surface area contributed by atoms with Crippen LogP contribution in [-0.4, -0.2) is 48.5 Å². The van der Waals surface area contributed by atoms with Gasteiger partial charge in [-0.2, -0.15) is 10.1 Å². The monoisotopic (exact) mass is 474 g/mol. The summed E-state index contributed by atoms with van der Waals surface area (Å²) < 4.78 is 1.91. The highest BCUT2D eigenvalue weighted by molar-refractivity contribution is 5.88. The standard InChI is InChI=1S/C26H34N8O/c1-2-5-20(11-13-35)31-25-24-22(32-26(27)33-25)15-30-34(24)16-18-10-9-17(14-29-19-6-3-7-19)21-8-4-12-28-23(18)21/h4,8-10,12,15,19-20,29,35H,2-3,5-7,11,13-14,16H2,1H3,(H3,27,31,32,33). The third-order valence-corrected chi connectivity index (χ3v) is 6.91. The fourth-order valence-corrected chi connectivity index (χ4v) is 4.82. The fraction of sp³-hybridized carbons (Fsp3) is 0.462. The van der Waals surface area contributed by atoms with Crippen molar-refractivity contribution in [2.45, 2.75) is 70.6 Å². The highest BCUT2D eigenvalue weighted by atomic mass is 16.3. The summed E-state index contributed by atoms with van der Waals surface area (Å²) in [5, 5.41) is 22.4. The third kappa shape index (κ3) is 5.06. The number of aromatic nitrogens is 5. The van der Waals surface area contributed by atoms with Gasteiger partial charge in [0.2, 0.25) is 5.95 Å². The van der Waals surface area contributed by atoms with Crippen LogP contribution in [-0.2, 0) is 13.1 Å². The van der Waals surface area contributed by atoms with Crippen LogP contribution in [0.5, 0.6) is 0 Å². The Balaban J connectivity index is 1.48. The average Bonchev–Trinajstić information content (AvgIpc) is 3.22. The second-order valence-corrected chi connectivity index (χ2v) is 9.40. The van der Waals surface area contributed by atoms with Gasteiger partial charge in [0.15, 0.2) is 5.82 Å². The molecule has 1 unspecified atom stereocenters. The van der Waals surface area contributed by atoms with Crippen LogP contribution in [0.25, 0.3) is 21.9 Å². The van der Waals surface area contributed by atoms with Crippen molar-refractivity contribution in [3.63, 3.8) is 0 Å². The lowest BCUT2D eigenvalue weighted by Crippen LogP contribution is -2.34. The molecule has 9 heteroatoms. The highest BCUT2D eigenvalue weighted by Crippen LogP contribution is 2.27. The molecular formula is C26H34N8O. The lowest BCUT2D eigenvalue weighted by Gasteiger charge is -2.26. The Morgan fingerprint density at radius 2 is 2.03 bits per heavy atom. The van der Waals surface area contributed by atoms with E-state index < -0.39 is 0 Å². The second kappa shape index (κ2) is 10.5. The number of aliphatic hydroxyl groups excluding tert-OH is 1. The Kier molecular flexibility index (Phi) is 7.06. The van der Waals surface area contributed by atoms with Crippen LogP contribution in [0.15, 0.2) is 36.7 Å². The Morgan fingerprint density at radius 1 is 1.17 bits per heavy atom. The summed E-state index contributed by atoms with van der Waals surface area (Å²) >= 11 is 0. The van der Waals surface area contributed by atoms with Gasteiger partial charge >= 0.3 is 0 Å². The normalized spacial score (nSPS) is 14.9. The molecule has 1 aliphatic carbocycles. The molecule has 184 valence electrons. The Bertz CT molecular complexity index is 1290. The molecule has 1 fully saturated rings. The summed E-state index contributed by atoms with van der Waals surface area (Å²) in [6.45, 7) is 3.63. The van der Waals surface area contributed by atoms with Gasteiger partial charge in [0.1, 0.15) is 11.0 Å². The van der Waals surface area contributed by atoms with Gasteiger partial charge in [-0.3, -0.25) is 9.67 Å². The van der Waals surface area contributed by atoms with E-state index in [0.29, 0.717) is 30.3 Å². The summed E-state index contributed by atoms with van der Waals surface area (Å²) in [5.74, 6) is 0.852. The molecule has 1 saturated carbocycles. The minimum absolute atomic E-state index is 0.0933. The number of aliphatic hydroxyl groups is 1.